The van der Waals surface area contributed by atoms with Gasteiger partial charge >= 0.3 is 5.97 Å². The fraction of sp³-hybridized carbons (Fsp3) is 0.833. The van der Waals surface area contributed by atoms with E-state index >= 15 is 0 Å². The molecule has 1 saturated heterocycles. The van der Waals surface area contributed by atoms with Gasteiger partial charge in [0.15, 0.2) is 0 Å². The van der Waals surface area contributed by atoms with Gasteiger partial charge in [-0.25, -0.2) is 0 Å². The van der Waals surface area contributed by atoms with Crippen molar-refractivity contribution in [2.24, 2.45) is 0 Å². The van der Waals surface area contributed by atoms with Crippen molar-refractivity contribution in [3.63, 3.8) is 0 Å². The molecule has 0 bridgehead atoms. The first-order valence-electron chi connectivity index (χ1n) is 6.40. The highest BCUT2D eigenvalue weighted by Crippen LogP contribution is 2.17. The zero-order valence-electron chi connectivity index (χ0n) is 10.2. The summed E-state index contributed by atoms with van der Waals surface area (Å²) in [6, 6.07) is -0.340. The van der Waals surface area contributed by atoms with Crippen LogP contribution in [0.3, 0.4) is 0 Å². The normalized spacial score (nSPS) is 26.9. The maximum absolute atomic E-state index is 11.9. The summed E-state index contributed by atoms with van der Waals surface area (Å²) in [5.74, 6) is -0.262. The van der Waals surface area contributed by atoms with Gasteiger partial charge in [-0.3, -0.25) is 14.9 Å². The van der Waals surface area contributed by atoms with Gasteiger partial charge in [0.1, 0.15) is 6.04 Å². The molecule has 2 aliphatic rings. The molecule has 0 aromatic rings. The van der Waals surface area contributed by atoms with Crippen molar-refractivity contribution in [1.29, 1.82) is 0 Å². The van der Waals surface area contributed by atoms with Crippen molar-refractivity contribution in [3.8, 4) is 0 Å². The lowest BCUT2D eigenvalue weighted by atomic mass is 10.2. The number of cyclic esters (lactones) is 1. The molecule has 0 radical (unpaired) electrons. The molecule has 0 spiro atoms. The van der Waals surface area contributed by atoms with Crippen LogP contribution in [0.4, 0.5) is 0 Å². The molecular formula is C12H20N2O3. The molecule has 2 N–H and O–H groups in total. The lowest BCUT2D eigenvalue weighted by Crippen LogP contribution is -2.50. The second kappa shape index (κ2) is 5.49. The average molecular weight is 240 g/mol. The fourth-order valence-electron chi connectivity index (χ4n) is 2.42. The number of amides is 1. The molecule has 5 nitrogen and oxygen atoms in total. The first kappa shape index (κ1) is 12.4. The zero-order chi connectivity index (χ0) is 12.3. The number of esters is 1. The largest absolute Gasteiger partial charge is 0.464 e. The van der Waals surface area contributed by atoms with Gasteiger partial charge in [0.05, 0.1) is 12.6 Å². The van der Waals surface area contributed by atoms with Crippen LogP contribution in [0, 0.1) is 0 Å². The van der Waals surface area contributed by atoms with Crippen molar-refractivity contribution in [2.75, 3.05) is 6.61 Å². The third kappa shape index (κ3) is 3.19. The van der Waals surface area contributed by atoms with Crippen LogP contribution in [0.2, 0.25) is 0 Å². The Bertz CT molecular complexity index is 300. The Labute approximate surface area is 101 Å². The van der Waals surface area contributed by atoms with Crippen molar-refractivity contribution < 1.29 is 14.3 Å². The van der Waals surface area contributed by atoms with E-state index in [0.717, 1.165) is 12.8 Å². The van der Waals surface area contributed by atoms with Crippen molar-refractivity contribution in [2.45, 2.75) is 57.2 Å². The fourth-order valence-corrected chi connectivity index (χ4v) is 2.42. The zero-order valence-corrected chi connectivity index (χ0v) is 10.2. The summed E-state index contributed by atoms with van der Waals surface area (Å²) in [5, 5.41) is 6.03. The molecule has 96 valence electrons. The van der Waals surface area contributed by atoms with E-state index in [4.69, 9.17) is 4.74 Å². The van der Waals surface area contributed by atoms with Crippen molar-refractivity contribution >= 4 is 11.9 Å². The Morgan fingerprint density at radius 3 is 2.65 bits per heavy atom. The topological polar surface area (TPSA) is 67.4 Å². The number of ether oxygens (including phenoxy) is 1. The Morgan fingerprint density at radius 1 is 1.35 bits per heavy atom. The number of rotatable bonds is 4. The summed E-state index contributed by atoms with van der Waals surface area (Å²) in [5.41, 5.74) is 0. The molecule has 1 amide bonds. The molecule has 0 aromatic heterocycles. The Kier molecular flexibility index (Phi) is 3.99. The smallest absolute Gasteiger partial charge is 0.323 e. The standard InChI is InChI=1S/C12H20N2O3/c1-8(13-10-6-7-17-12(10)16)11(15)14-9-4-2-3-5-9/h8-10,13H,2-7H2,1H3,(H,14,15). The van der Waals surface area contributed by atoms with E-state index in [0.29, 0.717) is 19.1 Å². The van der Waals surface area contributed by atoms with E-state index in [1.54, 1.807) is 6.92 Å². The van der Waals surface area contributed by atoms with E-state index in [2.05, 4.69) is 10.6 Å². The van der Waals surface area contributed by atoms with Gasteiger partial charge in [-0.2, -0.15) is 0 Å². The molecule has 2 fully saturated rings. The second-order valence-corrected chi connectivity index (χ2v) is 4.89. The maximum atomic E-state index is 11.9. The van der Waals surface area contributed by atoms with Gasteiger partial charge in [0.25, 0.3) is 0 Å². The molecule has 1 aliphatic heterocycles. The minimum absolute atomic E-state index is 0.0170. The number of hydrogen-bond acceptors (Lipinski definition) is 4. The average Bonchev–Trinajstić information content (AvgIpc) is 2.91. The Morgan fingerprint density at radius 2 is 2.06 bits per heavy atom. The van der Waals surface area contributed by atoms with Crippen molar-refractivity contribution in [1.82, 2.24) is 10.6 Å². The SMILES string of the molecule is CC(NC1CCOC1=O)C(=O)NC1CCCC1. The van der Waals surface area contributed by atoms with Crippen LogP contribution in [-0.2, 0) is 14.3 Å². The van der Waals surface area contributed by atoms with Gasteiger partial charge in [-0.05, 0) is 19.8 Å². The van der Waals surface area contributed by atoms with Crippen LogP contribution >= 0.6 is 0 Å². The molecule has 1 aliphatic carbocycles. The second-order valence-electron chi connectivity index (χ2n) is 4.89. The van der Waals surface area contributed by atoms with Crippen LogP contribution in [-0.4, -0.2) is 36.6 Å². The monoisotopic (exact) mass is 240 g/mol. The molecule has 0 aromatic carbocycles. The minimum atomic E-state index is -0.341. The molecule has 2 rings (SSSR count). The number of carbonyl (C=O) groups is 2. The molecule has 5 heteroatoms. The van der Waals surface area contributed by atoms with Gasteiger partial charge in [-0.15, -0.1) is 0 Å². The molecule has 1 heterocycles. The van der Waals surface area contributed by atoms with Gasteiger partial charge in [-0.1, -0.05) is 12.8 Å². The summed E-state index contributed by atoms with van der Waals surface area (Å²) in [7, 11) is 0. The van der Waals surface area contributed by atoms with Gasteiger partial charge < -0.3 is 10.1 Å². The highest BCUT2D eigenvalue weighted by Gasteiger charge is 2.30. The third-order valence-electron chi connectivity index (χ3n) is 3.48. The third-order valence-corrected chi connectivity index (χ3v) is 3.48. The molecular weight excluding hydrogens is 220 g/mol. The number of carbonyl (C=O) groups excluding carboxylic acids is 2. The summed E-state index contributed by atoms with van der Waals surface area (Å²) in [4.78, 5) is 23.1. The lowest BCUT2D eigenvalue weighted by Gasteiger charge is -2.19. The van der Waals surface area contributed by atoms with Crippen LogP contribution in [0.1, 0.15) is 39.0 Å². The molecule has 1 saturated carbocycles. The van der Waals surface area contributed by atoms with Crippen LogP contribution in [0.5, 0.6) is 0 Å². The van der Waals surface area contributed by atoms with Gasteiger partial charge in [0.2, 0.25) is 5.91 Å². The van der Waals surface area contributed by atoms with E-state index in [1.165, 1.54) is 12.8 Å². The highest BCUT2D eigenvalue weighted by atomic mass is 16.5. The summed E-state index contributed by atoms with van der Waals surface area (Å²) in [6.07, 6.45) is 5.19. The minimum Gasteiger partial charge on any atom is -0.464 e. The van der Waals surface area contributed by atoms with Crippen molar-refractivity contribution in [3.05, 3.63) is 0 Å². The first-order chi connectivity index (χ1) is 8.16. The highest BCUT2D eigenvalue weighted by molar-refractivity contribution is 5.83. The van der Waals surface area contributed by atoms with Crippen LogP contribution < -0.4 is 10.6 Å². The summed E-state index contributed by atoms with van der Waals surface area (Å²) >= 11 is 0. The summed E-state index contributed by atoms with van der Waals surface area (Å²) < 4.78 is 4.85. The van der Waals surface area contributed by atoms with E-state index in [9.17, 15) is 9.59 Å². The predicted octanol–water partition coefficient (Wildman–Crippen LogP) is 0.339. The van der Waals surface area contributed by atoms with E-state index < -0.39 is 0 Å². The lowest BCUT2D eigenvalue weighted by molar-refractivity contribution is -0.139. The number of hydrogen-bond donors (Lipinski definition) is 2. The predicted molar refractivity (Wildman–Crippen MR) is 62.4 cm³/mol. The maximum Gasteiger partial charge on any atom is 0.323 e. The molecule has 17 heavy (non-hydrogen) atoms. The molecule has 2 unspecified atom stereocenters. The van der Waals surface area contributed by atoms with Crippen LogP contribution in [0.15, 0.2) is 0 Å². The Balaban J connectivity index is 1.76. The first-order valence-corrected chi connectivity index (χ1v) is 6.40. The van der Waals surface area contributed by atoms with Gasteiger partial charge in [0, 0.05) is 12.5 Å². The Hall–Kier alpha value is -1.10. The van der Waals surface area contributed by atoms with E-state index in [1.807, 2.05) is 0 Å². The summed E-state index contributed by atoms with van der Waals surface area (Å²) in [6.45, 7) is 2.24. The van der Waals surface area contributed by atoms with E-state index in [-0.39, 0.29) is 24.0 Å². The quantitative estimate of drug-likeness (QED) is 0.695. The number of nitrogens with one attached hydrogen (secondary N) is 2. The molecule has 2 atom stereocenters. The van der Waals surface area contributed by atoms with Crippen LogP contribution in [0.25, 0.3) is 0 Å².